The third kappa shape index (κ3) is 3.22. The van der Waals surface area contributed by atoms with Crippen LogP contribution >= 0.6 is 0 Å². The molecule has 0 fully saturated rings. The molecule has 0 amide bonds. The number of rotatable bonds is 4. The van der Waals surface area contributed by atoms with Crippen molar-refractivity contribution in [2.24, 2.45) is 0 Å². The second kappa shape index (κ2) is 6.87. The van der Waals surface area contributed by atoms with Gasteiger partial charge in [-0.25, -0.2) is 4.68 Å². The zero-order valence-electron chi connectivity index (χ0n) is 14.8. The molecule has 0 unspecified atom stereocenters. The minimum atomic E-state index is -0.298. The standard InChI is InChI=1S/C20H16N4O3/c1-13-7-9-14(10-8-13)24-12-11-16(25)18(22-24)20-21-19(23-27-20)15-5-3-4-6-17(15)26-2/h3-12H,1-2H3. The van der Waals surface area contributed by atoms with E-state index in [0.29, 0.717) is 17.1 Å². The summed E-state index contributed by atoms with van der Waals surface area (Å²) >= 11 is 0. The Morgan fingerprint density at radius 3 is 2.59 bits per heavy atom. The summed E-state index contributed by atoms with van der Waals surface area (Å²) in [6.07, 6.45) is 1.61. The average Bonchev–Trinajstić information content (AvgIpc) is 3.19. The van der Waals surface area contributed by atoms with Crippen LogP contribution < -0.4 is 10.2 Å². The number of nitrogens with zero attached hydrogens (tertiary/aromatic N) is 4. The summed E-state index contributed by atoms with van der Waals surface area (Å²) < 4.78 is 12.2. The minimum Gasteiger partial charge on any atom is -0.496 e. The fraction of sp³-hybridized carbons (Fsp3) is 0.100. The monoisotopic (exact) mass is 360 g/mol. The van der Waals surface area contributed by atoms with Gasteiger partial charge in [-0.3, -0.25) is 4.79 Å². The van der Waals surface area contributed by atoms with Gasteiger partial charge in [-0.05, 0) is 31.2 Å². The van der Waals surface area contributed by atoms with Crippen LogP contribution in [0.3, 0.4) is 0 Å². The van der Waals surface area contributed by atoms with Crippen LogP contribution in [0.4, 0.5) is 0 Å². The summed E-state index contributed by atoms with van der Waals surface area (Å²) in [5.74, 6) is 1.000. The number of hydrogen-bond donors (Lipinski definition) is 0. The maximum Gasteiger partial charge on any atom is 0.282 e. The second-order valence-electron chi connectivity index (χ2n) is 5.93. The molecule has 0 bridgehead atoms. The van der Waals surface area contributed by atoms with E-state index in [0.717, 1.165) is 11.3 Å². The molecule has 4 rings (SSSR count). The average molecular weight is 360 g/mol. The Kier molecular flexibility index (Phi) is 4.25. The Bertz CT molecular complexity index is 1150. The number of hydrogen-bond acceptors (Lipinski definition) is 6. The molecule has 134 valence electrons. The molecule has 0 aliphatic carbocycles. The lowest BCUT2D eigenvalue weighted by Crippen LogP contribution is -2.12. The smallest absolute Gasteiger partial charge is 0.282 e. The molecular formula is C20H16N4O3. The van der Waals surface area contributed by atoms with E-state index < -0.39 is 0 Å². The molecule has 2 aromatic heterocycles. The van der Waals surface area contributed by atoms with Crippen molar-refractivity contribution in [2.45, 2.75) is 6.92 Å². The molecule has 0 radical (unpaired) electrons. The van der Waals surface area contributed by atoms with Crippen molar-refractivity contribution in [2.75, 3.05) is 7.11 Å². The molecule has 0 spiro atoms. The number of ether oxygens (including phenoxy) is 1. The molecule has 27 heavy (non-hydrogen) atoms. The van der Waals surface area contributed by atoms with E-state index in [1.165, 1.54) is 6.07 Å². The fourth-order valence-electron chi connectivity index (χ4n) is 2.66. The quantitative estimate of drug-likeness (QED) is 0.555. The first-order valence-electron chi connectivity index (χ1n) is 8.30. The van der Waals surface area contributed by atoms with Gasteiger partial charge in [-0.15, -0.1) is 0 Å². The Morgan fingerprint density at radius 2 is 1.81 bits per heavy atom. The van der Waals surface area contributed by atoms with Gasteiger partial charge in [0, 0.05) is 12.3 Å². The first-order chi connectivity index (χ1) is 13.2. The molecule has 0 atom stereocenters. The molecule has 0 saturated carbocycles. The number of para-hydroxylation sites is 1. The highest BCUT2D eigenvalue weighted by Crippen LogP contribution is 2.28. The van der Waals surface area contributed by atoms with Gasteiger partial charge < -0.3 is 9.26 Å². The molecule has 7 heteroatoms. The maximum atomic E-state index is 12.3. The predicted molar refractivity (Wildman–Crippen MR) is 99.9 cm³/mol. The zero-order valence-corrected chi connectivity index (χ0v) is 14.8. The molecule has 2 heterocycles. The minimum absolute atomic E-state index is 0.0577. The van der Waals surface area contributed by atoms with E-state index in [-0.39, 0.29) is 17.0 Å². The van der Waals surface area contributed by atoms with Crippen LogP contribution in [0.15, 0.2) is 70.1 Å². The molecule has 0 aliphatic heterocycles. The largest absolute Gasteiger partial charge is 0.496 e. The van der Waals surface area contributed by atoms with Crippen molar-refractivity contribution in [1.29, 1.82) is 0 Å². The van der Waals surface area contributed by atoms with Crippen molar-refractivity contribution in [3.63, 3.8) is 0 Å². The number of aromatic nitrogens is 4. The van der Waals surface area contributed by atoms with Gasteiger partial charge in [-0.2, -0.15) is 10.1 Å². The van der Waals surface area contributed by atoms with Gasteiger partial charge in [0.25, 0.3) is 5.89 Å². The molecule has 0 aliphatic rings. The first-order valence-corrected chi connectivity index (χ1v) is 8.30. The van der Waals surface area contributed by atoms with E-state index in [9.17, 15) is 4.79 Å². The fourth-order valence-corrected chi connectivity index (χ4v) is 2.66. The van der Waals surface area contributed by atoms with E-state index in [4.69, 9.17) is 9.26 Å². The van der Waals surface area contributed by atoms with Gasteiger partial charge in [0.05, 0.1) is 18.4 Å². The van der Waals surface area contributed by atoms with E-state index in [2.05, 4.69) is 15.2 Å². The van der Waals surface area contributed by atoms with Crippen LogP contribution in [0.1, 0.15) is 5.56 Å². The molecular weight excluding hydrogens is 344 g/mol. The van der Waals surface area contributed by atoms with Crippen LogP contribution in [0.5, 0.6) is 5.75 Å². The van der Waals surface area contributed by atoms with Crippen LogP contribution in [-0.2, 0) is 0 Å². The van der Waals surface area contributed by atoms with Crippen LogP contribution in [-0.4, -0.2) is 27.0 Å². The zero-order chi connectivity index (χ0) is 18.8. The Labute approximate surface area is 154 Å². The molecule has 0 saturated heterocycles. The summed E-state index contributed by atoms with van der Waals surface area (Å²) in [5, 5.41) is 8.34. The van der Waals surface area contributed by atoms with Crippen molar-refractivity contribution < 1.29 is 9.26 Å². The third-order valence-electron chi connectivity index (χ3n) is 4.08. The Hall–Kier alpha value is -3.74. The van der Waals surface area contributed by atoms with Crippen LogP contribution in [0, 0.1) is 6.92 Å². The maximum absolute atomic E-state index is 12.3. The Morgan fingerprint density at radius 1 is 1.04 bits per heavy atom. The van der Waals surface area contributed by atoms with Crippen molar-refractivity contribution in [1.82, 2.24) is 19.9 Å². The van der Waals surface area contributed by atoms with E-state index in [1.54, 1.807) is 24.1 Å². The van der Waals surface area contributed by atoms with Gasteiger partial charge in [0.15, 0.2) is 5.69 Å². The highest BCUT2D eigenvalue weighted by molar-refractivity contribution is 5.65. The summed E-state index contributed by atoms with van der Waals surface area (Å²) in [6.45, 7) is 2.01. The van der Waals surface area contributed by atoms with Gasteiger partial charge >= 0.3 is 0 Å². The third-order valence-corrected chi connectivity index (χ3v) is 4.08. The normalized spacial score (nSPS) is 10.7. The molecule has 2 aromatic carbocycles. The summed E-state index contributed by atoms with van der Waals surface area (Å²) in [4.78, 5) is 16.6. The SMILES string of the molecule is COc1ccccc1-c1noc(-c2nn(-c3ccc(C)cc3)ccc2=O)n1. The lowest BCUT2D eigenvalue weighted by Gasteiger charge is -2.06. The lowest BCUT2D eigenvalue weighted by atomic mass is 10.2. The van der Waals surface area contributed by atoms with Crippen LogP contribution in [0.2, 0.25) is 0 Å². The van der Waals surface area contributed by atoms with Gasteiger partial charge in [-0.1, -0.05) is 35.0 Å². The summed E-state index contributed by atoms with van der Waals surface area (Å²) in [5.41, 5.74) is 2.43. The summed E-state index contributed by atoms with van der Waals surface area (Å²) in [6, 6.07) is 16.5. The topological polar surface area (TPSA) is 83.0 Å². The van der Waals surface area contributed by atoms with Crippen molar-refractivity contribution in [3.05, 3.63) is 76.6 Å². The number of methoxy groups -OCH3 is 1. The molecule has 7 nitrogen and oxygen atoms in total. The number of aryl methyl sites for hydroxylation is 1. The van der Waals surface area contributed by atoms with Crippen molar-refractivity contribution >= 4 is 0 Å². The first kappa shape index (κ1) is 16.7. The second-order valence-corrected chi connectivity index (χ2v) is 5.93. The number of benzene rings is 2. The highest BCUT2D eigenvalue weighted by atomic mass is 16.5. The van der Waals surface area contributed by atoms with Gasteiger partial charge in [0.2, 0.25) is 11.3 Å². The Balaban J connectivity index is 1.76. The summed E-state index contributed by atoms with van der Waals surface area (Å²) in [7, 11) is 1.57. The molecule has 4 aromatic rings. The lowest BCUT2D eigenvalue weighted by molar-refractivity contribution is 0.413. The highest BCUT2D eigenvalue weighted by Gasteiger charge is 2.18. The van der Waals surface area contributed by atoms with Gasteiger partial charge in [0.1, 0.15) is 5.75 Å². The predicted octanol–water partition coefficient (Wildman–Crippen LogP) is 3.27. The molecule has 0 N–H and O–H groups in total. The van der Waals surface area contributed by atoms with E-state index >= 15 is 0 Å². The van der Waals surface area contributed by atoms with Crippen LogP contribution in [0.25, 0.3) is 28.7 Å². The van der Waals surface area contributed by atoms with Crippen molar-refractivity contribution in [3.8, 4) is 34.4 Å². The van der Waals surface area contributed by atoms with E-state index in [1.807, 2.05) is 49.4 Å².